The van der Waals surface area contributed by atoms with E-state index in [2.05, 4.69) is 15.5 Å². The van der Waals surface area contributed by atoms with Gasteiger partial charge in [0.15, 0.2) is 4.34 Å². The van der Waals surface area contributed by atoms with Gasteiger partial charge in [0, 0.05) is 23.8 Å². The van der Waals surface area contributed by atoms with Crippen LogP contribution >= 0.6 is 34.7 Å². The zero-order valence-electron chi connectivity index (χ0n) is 16.3. The second kappa shape index (κ2) is 10.7. The number of hydrogen-bond acceptors (Lipinski definition) is 8. The molecule has 1 aliphatic heterocycles. The number of amides is 2. The summed E-state index contributed by atoms with van der Waals surface area (Å²) < 4.78 is 5.60. The summed E-state index contributed by atoms with van der Waals surface area (Å²) in [7, 11) is 0. The third kappa shape index (κ3) is 6.16. The zero-order valence-corrected chi connectivity index (χ0v) is 18.7. The first-order chi connectivity index (χ1) is 14.5. The van der Waals surface area contributed by atoms with Crippen molar-refractivity contribution < 1.29 is 19.1 Å². The molecule has 8 nitrogen and oxygen atoms in total. The summed E-state index contributed by atoms with van der Waals surface area (Å²) in [5, 5.41) is 11.4. The van der Waals surface area contributed by atoms with E-state index in [-0.39, 0.29) is 34.5 Å². The van der Waals surface area contributed by atoms with Gasteiger partial charge in [-0.1, -0.05) is 34.7 Å². The summed E-state index contributed by atoms with van der Waals surface area (Å²) in [6.45, 7) is 3.23. The average Bonchev–Trinajstić information content (AvgIpc) is 3.23. The highest BCUT2D eigenvalue weighted by Crippen LogP contribution is 2.25. The molecule has 1 aromatic carbocycles. The predicted octanol–water partition coefficient (Wildman–Crippen LogP) is 3.34. The molecule has 1 N–H and O–H groups in total. The summed E-state index contributed by atoms with van der Waals surface area (Å²) in [6, 6.07) is 6.75. The van der Waals surface area contributed by atoms with Crippen molar-refractivity contribution in [2.45, 2.75) is 24.1 Å². The third-order valence-corrected chi connectivity index (χ3v) is 6.78. The quantitative estimate of drug-likeness (QED) is 0.491. The minimum absolute atomic E-state index is 0.0234. The Hall–Kier alpha value is -2.17. The Labute approximate surface area is 187 Å². The van der Waals surface area contributed by atoms with Gasteiger partial charge in [-0.25, -0.2) is 0 Å². The van der Waals surface area contributed by atoms with Crippen molar-refractivity contribution in [2.75, 3.05) is 30.8 Å². The number of carbonyl (C=O) groups excluding carboxylic acids is 3. The molecule has 1 fully saturated rings. The number of likely N-dealkylation sites (tertiary alicyclic amines) is 1. The number of aromatic nitrogens is 2. The zero-order chi connectivity index (χ0) is 21.5. The lowest BCUT2D eigenvalue weighted by molar-refractivity contribution is -0.151. The van der Waals surface area contributed by atoms with E-state index in [9.17, 15) is 14.4 Å². The molecule has 2 heterocycles. The highest BCUT2D eigenvalue weighted by atomic mass is 35.5. The number of nitrogens with one attached hydrogen (secondary N) is 1. The van der Waals surface area contributed by atoms with Crippen molar-refractivity contribution in [1.82, 2.24) is 15.1 Å². The monoisotopic (exact) mass is 468 g/mol. The molecule has 0 bridgehead atoms. The van der Waals surface area contributed by atoms with Crippen molar-refractivity contribution in [2.24, 2.45) is 5.92 Å². The third-order valence-electron chi connectivity index (χ3n) is 4.49. The maximum absolute atomic E-state index is 12.4. The standard InChI is InChI=1S/C19H21ClN4O4S2/c1-2-28-18(27)12-7-9-24(10-8-12)15(25)11-29-19-23-22-17(30-19)16(26)21-14-5-3-13(20)4-6-14/h3-6,12H,2,7-11H2,1H3,(H,21,26). The van der Waals surface area contributed by atoms with Crippen molar-refractivity contribution in [1.29, 1.82) is 0 Å². The molecular formula is C19H21ClN4O4S2. The van der Waals surface area contributed by atoms with Crippen LogP contribution in [0.4, 0.5) is 5.69 Å². The SMILES string of the molecule is CCOC(=O)C1CCN(C(=O)CSc2nnc(C(=O)Nc3ccc(Cl)cc3)s2)CC1. The van der Waals surface area contributed by atoms with E-state index in [1.54, 1.807) is 36.1 Å². The molecule has 1 saturated heterocycles. The van der Waals surface area contributed by atoms with Crippen molar-refractivity contribution in [3.63, 3.8) is 0 Å². The number of thioether (sulfide) groups is 1. The van der Waals surface area contributed by atoms with Gasteiger partial charge in [-0.3, -0.25) is 14.4 Å². The smallest absolute Gasteiger partial charge is 0.309 e. The minimum Gasteiger partial charge on any atom is -0.466 e. The number of carbonyl (C=O) groups is 3. The number of benzene rings is 1. The Morgan fingerprint density at radius 3 is 2.60 bits per heavy atom. The maximum atomic E-state index is 12.4. The van der Waals surface area contributed by atoms with E-state index >= 15 is 0 Å². The van der Waals surface area contributed by atoms with Crippen LogP contribution in [0.3, 0.4) is 0 Å². The molecule has 11 heteroatoms. The first kappa shape index (κ1) is 22.5. The number of rotatable bonds is 7. The van der Waals surface area contributed by atoms with Crippen LogP contribution < -0.4 is 5.32 Å². The Kier molecular flexibility index (Phi) is 8.06. The second-order valence-electron chi connectivity index (χ2n) is 6.53. The summed E-state index contributed by atoms with van der Waals surface area (Å²) in [5.41, 5.74) is 0.607. The van der Waals surface area contributed by atoms with Crippen molar-refractivity contribution in [3.05, 3.63) is 34.3 Å². The highest BCUT2D eigenvalue weighted by molar-refractivity contribution is 8.01. The van der Waals surface area contributed by atoms with Gasteiger partial charge >= 0.3 is 5.97 Å². The fourth-order valence-electron chi connectivity index (χ4n) is 2.92. The molecule has 30 heavy (non-hydrogen) atoms. The van der Waals surface area contributed by atoms with Gasteiger partial charge < -0.3 is 15.0 Å². The molecule has 1 aliphatic rings. The van der Waals surface area contributed by atoms with Crippen LogP contribution in [-0.2, 0) is 14.3 Å². The van der Waals surface area contributed by atoms with Gasteiger partial charge in [-0.15, -0.1) is 10.2 Å². The van der Waals surface area contributed by atoms with E-state index in [0.29, 0.717) is 47.6 Å². The first-order valence-electron chi connectivity index (χ1n) is 9.44. The number of halogens is 1. The van der Waals surface area contributed by atoms with Crippen LogP contribution in [-0.4, -0.2) is 58.3 Å². The molecule has 1 aromatic heterocycles. The van der Waals surface area contributed by atoms with Gasteiger partial charge in [0.05, 0.1) is 18.3 Å². The predicted molar refractivity (Wildman–Crippen MR) is 116 cm³/mol. The van der Waals surface area contributed by atoms with E-state index in [1.807, 2.05) is 0 Å². The molecular weight excluding hydrogens is 448 g/mol. The molecule has 0 atom stereocenters. The Bertz CT molecular complexity index is 898. The lowest BCUT2D eigenvalue weighted by atomic mass is 9.97. The Morgan fingerprint density at radius 2 is 1.93 bits per heavy atom. The van der Waals surface area contributed by atoms with E-state index in [1.165, 1.54) is 11.8 Å². The maximum Gasteiger partial charge on any atom is 0.309 e. The van der Waals surface area contributed by atoms with Gasteiger partial charge in [-0.2, -0.15) is 0 Å². The van der Waals surface area contributed by atoms with E-state index in [4.69, 9.17) is 16.3 Å². The van der Waals surface area contributed by atoms with Gasteiger partial charge in [0.2, 0.25) is 10.9 Å². The molecule has 2 amide bonds. The number of esters is 1. The summed E-state index contributed by atoms with van der Waals surface area (Å²) >= 11 is 8.21. The van der Waals surface area contributed by atoms with Crippen LogP contribution in [0.1, 0.15) is 29.6 Å². The first-order valence-corrected chi connectivity index (χ1v) is 11.6. The van der Waals surface area contributed by atoms with E-state index < -0.39 is 0 Å². The van der Waals surface area contributed by atoms with Crippen LogP contribution in [0, 0.1) is 5.92 Å². The molecule has 0 unspecified atom stereocenters. The Balaban J connectivity index is 1.45. The van der Waals surface area contributed by atoms with Gasteiger partial charge in [0.1, 0.15) is 0 Å². The van der Waals surface area contributed by atoms with Gasteiger partial charge in [-0.05, 0) is 44.0 Å². The number of piperidine rings is 1. The molecule has 0 aliphatic carbocycles. The number of ether oxygens (including phenoxy) is 1. The average molecular weight is 469 g/mol. The second-order valence-corrected chi connectivity index (χ2v) is 9.17. The van der Waals surface area contributed by atoms with Crippen LogP contribution in [0.25, 0.3) is 0 Å². The molecule has 0 spiro atoms. The Morgan fingerprint density at radius 1 is 1.23 bits per heavy atom. The molecule has 160 valence electrons. The summed E-state index contributed by atoms with van der Waals surface area (Å²) in [4.78, 5) is 38.2. The molecule has 0 radical (unpaired) electrons. The van der Waals surface area contributed by atoms with Crippen LogP contribution in [0.5, 0.6) is 0 Å². The van der Waals surface area contributed by atoms with Crippen LogP contribution in [0.15, 0.2) is 28.6 Å². The molecule has 0 saturated carbocycles. The fourth-order valence-corrected chi connectivity index (χ4v) is 4.69. The van der Waals surface area contributed by atoms with Crippen molar-refractivity contribution >= 4 is 58.2 Å². The fraction of sp³-hybridized carbons (Fsp3) is 0.421. The van der Waals surface area contributed by atoms with Gasteiger partial charge in [0.25, 0.3) is 5.91 Å². The number of anilines is 1. The lowest BCUT2D eigenvalue weighted by Crippen LogP contribution is -2.41. The molecule has 2 aromatic rings. The highest BCUT2D eigenvalue weighted by Gasteiger charge is 2.28. The largest absolute Gasteiger partial charge is 0.466 e. The summed E-state index contributed by atoms with van der Waals surface area (Å²) in [6.07, 6.45) is 1.23. The van der Waals surface area contributed by atoms with Crippen LogP contribution in [0.2, 0.25) is 5.02 Å². The van der Waals surface area contributed by atoms with E-state index in [0.717, 1.165) is 11.3 Å². The molecule has 3 rings (SSSR count). The minimum atomic E-state index is -0.367. The van der Waals surface area contributed by atoms with Crippen molar-refractivity contribution in [3.8, 4) is 0 Å². The number of hydrogen-bond donors (Lipinski definition) is 1. The topological polar surface area (TPSA) is 101 Å². The summed E-state index contributed by atoms with van der Waals surface area (Å²) in [5.74, 6) is -0.500. The normalized spacial score (nSPS) is 14.4. The number of nitrogens with zero attached hydrogens (tertiary/aromatic N) is 3. The lowest BCUT2D eigenvalue weighted by Gasteiger charge is -2.30.